The largest absolute Gasteiger partial charge is 0.462 e. The lowest BCUT2D eigenvalue weighted by atomic mass is 10.0. The topological polar surface area (TPSA) is 78.9 Å². The number of esters is 3. The second-order valence-electron chi connectivity index (χ2n) is 21.3. The van der Waals surface area contributed by atoms with Crippen LogP contribution >= 0.6 is 0 Å². The molecule has 432 valence electrons. The van der Waals surface area contributed by atoms with Crippen molar-refractivity contribution in [1.82, 2.24) is 0 Å². The number of carbonyl (C=O) groups is 3. The minimum Gasteiger partial charge on any atom is -0.462 e. The number of carbonyl (C=O) groups excluding carboxylic acids is 3. The molecule has 0 aliphatic carbocycles. The Labute approximate surface area is 465 Å². The lowest BCUT2D eigenvalue weighted by Gasteiger charge is -2.18. The highest BCUT2D eigenvalue weighted by Gasteiger charge is 2.19. The number of hydrogen-bond acceptors (Lipinski definition) is 6. The molecule has 0 saturated carbocycles. The van der Waals surface area contributed by atoms with Crippen LogP contribution in [0.15, 0.2) is 85.1 Å². The van der Waals surface area contributed by atoms with Gasteiger partial charge in [0.05, 0.1) is 0 Å². The number of allylic oxidation sites excluding steroid dienone is 14. The van der Waals surface area contributed by atoms with Crippen LogP contribution in [0, 0.1) is 0 Å². The standard InChI is InChI=1S/C69H120O6/c1-4-7-10-13-16-19-22-25-28-31-33-34-36-38-41-44-47-50-53-56-59-62-68(71)74-65-66(64-73-67(70)61-58-55-52-49-46-43-40-37-30-27-24-21-18-15-12-9-6-3)75-69(72)63-60-57-54-51-48-45-42-39-35-32-29-26-23-20-17-14-11-8-5-2/h17-18,20-21,26-27,29-30,35,39,45,48,54,57,66H,4-16,19,22-25,28,31-34,36-38,40-44,46-47,49-53,55-56,58-65H2,1-3H3/b20-17-,21-18-,29-26-,30-27-,39-35-,48-45-,57-54-/t66-/m1/s1. The molecule has 1 atom stereocenters. The normalized spacial score (nSPS) is 12.6. The zero-order valence-electron chi connectivity index (χ0n) is 49.6. The Morgan fingerprint density at radius 2 is 0.507 bits per heavy atom. The number of ether oxygens (including phenoxy) is 3. The summed E-state index contributed by atoms with van der Waals surface area (Å²) < 4.78 is 16.9. The summed E-state index contributed by atoms with van der Waals surface area (Å²) in [5.74, 6) is -0.984. The van der Waals surface area contributed by atoms with Crippen molar-refractivity contribution in [2.45, 2.75) is 322 Å². The van der Waals surface area contributed by atoms with E-state index in [4.69, 9.17) is 14.2 Å². The van der Waals surface area contributed by atoms with Gasteiger partial charge in [-0.25, -0.2) is 0 Å². The van der Waals surface area contributed by atoms with E-state index in [9.17, 15) is 14.4 Å². The first-order valence-electron chi connectivity index (χ1n) is 32.1. The number of hydrogen-bond donors (Lipinski definition) is 0. The van der Waals surface area contributed by atoms with E-state index in [1.807, 2.05) is 6.08 Å². The molecule has 0 aromatic carbocycles. The predicted octanol–water partition coefficient (Wildman–Crippen LogP) is 21.9. The van der Waals surface area contributed by atoms with Crippen LogP contribution in [0.25, 0.3) is 0 Å². The molecular weight excluding hydrogens is 925 g/mol. The molecule has 0 N–H and O–H groups in total. The molecule has 0 aliphatic rings. The third kappa shape index (κ3) is 61.3. The van der Waals surface area contributed by atoms with Gasteiger partial charge in [-0.15, -0.1) is 0 Å². The maximum Gasteiger partial charge on any atom is 0.306 e. The highest BCUT2D eigenvalue weighted by atomic mass is 16.6. The van der Waals surface area contributed by atoms with Crippen LogP contribution in [-0.2, 0) is 28.6 Å². The van der Waals surface area contributed by atoms with Crippen LogP contribution in [0.2, 0.25) is 0 Å². The molecule has 0 aromatic rings. The maximum absolute atomic E-state index is 12.9. The fourth-order valence-electron chi connectivity index (χ4n) is 9.05. The molecule has 6 nitrogen and oxygen atoms in total. The van der Waals surface area contributed by atoms with E-state index < -0.39 is 6.10 Å². The molecule has 0 aliphatic heterocycles. The quantitative estimate of drug-likeness (QED) is 0.0261. The molecular formula is C69H120O6. The molecule has 75 heavy (non-hydrogen) atoms. The average Bonchev–Trinajstić information content (AvgIpc) is 3.41. The highest BCUT2D eigenvalue weighted by molar-refractivity contribution is 5.71. The Hall–Kier alpha value is -3.41. The lowest BCUT2D eigenvalue weighted by Crippen LogP contribution is -2.30. The van der Waals surface area contributed by atoms with E-state index in [2.05, 4.69) is 99.8 Å². The second-order valence-corrected chi connectivity index (χ2v) is 21.3. The van der Waals surface area contributed by atoms with Crippen molar-refractivity contribution in [3.05, 3.63) is 85.1 Å². The van der Waals surface area contributed by atoms with Crippen LogP contribution in [0.3, 0.4) is 0 Å². The summed E-state index contributed by atoms with van der Waals surface area (Å²) in [6.45, 7) is 6.56. The summed E-state index contributed by atoms with van der Waals surface area (Å²) in [5, 5.41) is 0. The van der Waals surface area contributed by atoms with Crippen LogP contribution in [0.5, 0.6) is 0 Å². The van der Waals surface area contributed by atoms with Crippen LogP contribution in [-0.4, -0.2) is 37.2 Å². The third-order valence-corrected chi connectivity index (χ3v) is 13.9. The molecule has 0 aromatic heterocycles. The van der Waals surface area contributed by atoms with Gasteiger partial charge < -0.3 is 14.2 Å². The molecule has 0 amide bonds. The summed E-state index contributed by atoms with van der Waals surface area (Å²) in [6.07, 6.45) is 83.1. The van der Waals surface area contributed by atoms with Gasteiger partial charge in [0.2, 0.25) is 0 Å². The lowest BCUT2D eigenvalue weighted by molar-refractivity contribution is -0.166. The van der Waals surface area contributed by atoms with E-state index in [0.29, 0.717) is 19.3 Å². The van der Waals surface area contributed by atoms with Crippen LogP contribution in [0.1, 0.15) is 316 Å². The van der Waals surface area contributed by atoms with Gasteiger partial charge in [0.25, 0.3) is 0 Å². The monoisotopic (exact) mass is 1040 g/mol. The minimum atomic E-state index is -0.820. The zero-order chi connectivity index (χ0) is 54.3. The summed E-state index contributed by atoms with van der Waals surface area (Å²) in [6, 6.07) is 0. The first-order chi connectivity index (χ1) is 37.0. The molecule has 0 unspecified atom stereocenters. The first-order valence-corrected chi connectivity index (χ1v) is 32.1. The van der Waals surface area contributed by atoms with E-state index in [-0.39, 0.29) is 37.5 Å². The van der Waals surface area contributed by atoms with Crippen LogP contribution in [0.4, 0.5) is 0 Å². The Kier molecular flexibility index (Phi) is 60.3. The molecule has 6 heteroatoms. The molecule has 0 radical (unpaired) electrons. The molecule has 0 spiro atoms. The van der Waals surface area contributed by atoms with E-state index in [1.54, 1.807) is 0 Å². The first kappa shape index (κ1) is 71.6. The van der Waals surface area contributed by atoms with Crippen molar-refractivity contribution in [1.29, 1.82) is 0 Å². The summed E-state index contributed by atoms with van der Waals surface area (Å²) in [7, 11) is 0. The predicted molar refractivity (Wildman–Crippen MR) is 325 cm³/mol. The summed E-state index contributed by atoms with van der Waals surface area (Å²) in [5.41, 5.74) is 0. The van der Waals surface area contributed by atoms with Gasteiger partial charge >= 0.3 is 17.9 Å². The van der Waals surface area contributed by atoms with Gasteiger partial charge in [0, 0.05) is 19.3 Å². The van der Waals surface area contributed by atoms with Gasteiger partial charge in [0.15, 0.2) is 6.10 Å². The molecule has 0 rings (SSSR count). The minimum absolute atomic E-state index is 0.106. The van der Waals surface area contributed by atoms with Crippen molar-refractivity contribution < 1.29 is 28.6 Å². The average molecular weight is 1050 g/mol. The van der Waals surface area contributed by atoms with Gasteiger partial charge in [-0.1, -0.05) is 292 Å². The number of rotatable bonds is 58. The summed E-state index contributed by atoms with van der Waals surface area (Å²) in [4.78, 5) is 38.3. The Bertz CT molecular complexity index is 1430. The van der Waals surface area contributed by atoms with E-state index in [1.165, 1.54) is 193 Å². The van der Waals surface area contributed by atoms with E-state index in [0.717, 1.165) is 77.0 Å². The Morgan fingerprint density at radius 3 is 0.827 bits per heavy atom. The second kappa shape index (κ2) is 63.1. The van der Waals surface area contributed by atoms with Crippen LogP contribution < -0.4 is 0 Å². The third-order valence-electron chi connectivity index (χ3n) is 13.9. The van der Waals surface area contributed by atoms with Crippen molar-refractivity contribution in [2.75, 3.05) is 13.2 Å². The van der Waals surface area contributed by atoms with Crippen molar-refractivity contribution in [3.63, 3.8) is 0 Å². The fraction of sp³-hybridized carbons (Fsp3) is 0.754. The highest BCUT2D eigenvalue weighted by Crippen LogP contribution is 2.17. The molecule has 0 saturated heterocycles. The zero-order valence-corrected chi connectivity index (χ0v) is 49.6. The Morgan fingerprint density at radius 1 is 0.267 bits per heavy atom. The van der Waals surface area contributed by atoms with Crippen molar-refractivity contribution >= 4 is 17.9 Å². The van der Waals surface area contributed by atoms with Gasteiger partial charge in [-0.05, 0) is 89.9 Å². The fourth-order valence-corrected chi connectivity index (χ4v) is 9.05. The van der Waals surface area contributed by atoms with Crippen molar-refractivity contribution in [3.8, 4) is 0 Å². The van der Waals surface area contributed by atoms with Crippen molar-refractivity contribution in [2.24, 2.45) is 0 Å². The van der Waals surface area contributed by atoms with E-state index >= 15 is 0 Å². The SMILES string of the molecule is CCCCC/C=C\C/C=C\C/C=C\C/C=C\C/C=C\CCC(=O)O[C@H](COC(=O)CCCCCCCCC/C=C\C/C=C\CCCCC)COC(=O)CCCCCCCCCCCCCCCCCCCCCCC. The number of unbranched alkanes of at least 4 members (excludes halogenated alkanes) is 33. The van der Waals surface area contributed by atoms with Gasteiger partial charge in [-0.3, -0.25) is 14.4 Å². The summed E-state index contributed by atoms with van der Waals surface area (Å²) >= 11 is 0. The van der Waals surface area contributed by atoms with Gasteiger partial charge in [0.1, 0.15) is 13.2 Å². The molecule has 0 heterocycles. The Balaban J connectivity index is 4.45. The smallest absolute Gasteiger partial charge is 0.306 e. The maximum atomic E-state index is 12.9. The molecule has 0 fully saturated rings. The van der Waals surface area contributed by atoms with Gasteiger partial charge in [-0.2, -0.15) is 0 Å². The molecule has 0 bridgehead atoms.